The van der Waals surface area contributed by atoms with Crippen molar-refractivity contribution in [3.8, 4) is 11.5 Å². The number of hydrogen-bond acceptors (Lipinski definition) is 7. The van der Waals surface area contributed by atoms with Crippen LogP contribution in [0.25, 0.3) is 11.5 Å². The number of esters is 1. The fraction of sp³-hybridized carbons (Fsp3) is 0.571. The predicted molar refractivity (Wildman–Crippen MR) is 76.8 cm³/mol. The average molecular weight is 307 g/mol. The number of carbonyl (C=O) groups excluding carboxylic acids is 1. The lowest BCUT2D eigenvalue weighted by molar-refractivity contribution is -0.152. The number of rotatable bonds is 4. The standard InChI is InChI=1S/C14H17N3O3S/c1-2-19-13(18)14(6-4-3-5-7-14)12-16-11(17-20-12)10-8-21-9-15-10/h8-9H,2-7H2,1H3. The van der Waals surface area contributed by atoms with Crippen molar-refractivity contribution in [1.82, 2.24) is 15.1 Å². The molecule has 2 aromatic rings. The van der Waals surface area contributed by atoms with Crippen LogP contribution in [-0.2, 0) is 14.9 Å². The molecule has 7 heteroatoms. The monoisotopic (exact) mass is 307 g/mol. The van der Waals surface area contributed by atoms with Gasteiger partial charge in [0.1, 0.15) is 11.1 Å². The summed E-state index contributed by atoms with van der Waals surface area (Å²) in [5.74, 6) is 0.544. The summed E-state index contributed by atoms with van der Waals surface area (Å²) in [5.41, 5.74) is 1.60. The van der Waals surface area contributed by atoms with Crippen LogP contribution in [0, 0.1) is 0 Å². The Hall–Kier alpha value is -1.76. The number of aromatic nitrogens is 3. The van der Waals surface area contributed by atoms with Crippen LogP contribution >= 0.6 is 11.3 Å². The van der Waals surface area contributed by atoms with Gasteiger partial charge in [0.2, 0.25) is 11.7 Å². The summed E-state index contributed by atoms with van der Waals surface area (Å²) >= 11 is 1.47. The van der Waals surface area contributed by atoms with E-state index in [1.807, 2.05) is 12.3 Å². The first-order valence-electron chi connectivity index (χ1n) is 7.16. The number of thiazole rings is 1. The third kappa shape index (κ3) is 2.57. The van der Waals surface area contributed by atoms with Crippen LogP contribution in [0.5, 0.6) is 0 Å². The highest BCUT2D eigenvalue weighted by atomic mass is 32.1. The zero-order chi connectivity index (χ0) is 14.7. The van der Waals surface area contributed by atoms with Crippen LogP contribution in [0.2, 0.25) is 0 Å². The van der Waals surface area contributed by atoms with Gasteiger partial charge in [-0.1, -0.05) is 24.4 Å². The van der Waals surface area contributed by atoms with E-state index in [1.54, 1.807) is 5.51 Å². The van der Waals surface area contributed by atoms with Crippen LogP contribution in [0.4, 0.5) is 0 Å². The van der Waals surface area contributed by atoms with E-state index in [-0.39, 0.29) is 5.97 Å². The van der Waals surface area contributed by atoms with Gasteiger partial charge in [-0.25, -0.2) is 4.98 Å². The van der Waals surface area contributed by atoms with Gasteiger partial charge in [0.15, 0.2) is 0 Å². The molecule has 0 atom stereocenters. The smallest absolute Gasteiger partial charge is 0.321 e. The maximum atomic E-state index is 12.5. The second-order valence-electron chi connectivity index (χ2n) is 5.16. The first kappa shape index (κ1) is 14.2. The highest BCUT2D eigenvalue weighted by Crippen LogP contribution is 2.40. The average Bonchev–Trinajstić information content (AvgIpc) is 3.19. The van der Waals surface area contributed by atoms with Crippen LogP contribution < -0.4 is 0 Å². The van der Waals surface area contributed by atoms with Crippen LogP contribution in [0.3, 0.4) is 0 Å². The molecule has 0 spiro atoms. The van der Waals surface area contributed by atoms with Gasteiger partial charge in [-0.3, -0.25) is 4.79 Å². The minimum Gasteiger partial charge on any atom is -0.465 e. The second-order valence-corrected chi connectivity index (χ2v) is 5.88. The van der Waals surface area contributed by atoms with Crippen molar-refractivity contribution in [2.45, 2.75) is 44.4 Å². The Balaban J connectivity index is 1.95. The lowest BCUT2D eigenvalue weighted by atomic mass is 9.74. The normalized spacial score (nSPS) is 17.6. The molecule has 1 aliphatic carbocycles. The van der Waals surface area contributed by atoms with E-state index in [2.05, 4.69) is 15.1 Å². The molecule has 21 heavy (non-hydrogen) atoms. The second kappa shape index (κ2) is 5.93. The molecule has 0 radical (unpaired) electrons. The SMILES string of the molecule is CCOC(=O)C1(c2nc(-c3cscn3)no2)CCCCC1. The number of nitrogens with zero attached hydrogens (tertiary/aromatic N) is 3. The van der Waals surface area contributed by atoms with E-state index in [9.17, 15) is 4.79 Å². The van der Waals surface area contributed by atoms with Crippen molar-refractivity contribution in [3.63, 3.8) is 0 Å². The van der Waals surface area contributed by atoms with Gasteiger partial charge in [0, 0.05) is 5.38 Å². The molecule has 0 bridgehead atoms. The molecule has 1 fully saturated rings. The molecular formula is C14H17N3O3S. The van der Waals surface area contributed by atoms with Gasteiger partial charge in [-0.05, 0) is 19.8 Å². The summed E-state index contributed by atoms with van der Waals surface area (Å²) in [7, 11) is 0. The fourth-order valence-corrected chi connectivity index (χ4v) is 3.31. The number of hydrogen-bond donors (Lipinski definition) is 0. The summed E-state index contributed by atoms with van der Waals surface area (Å²) in [6, 6.07) is 0. The van der Waals surface area contributed by atoms with Crippen LogP contribution in [0.15, 0.2) is 15.4 Å². The van der Waals surface area contributed by atoms with E-state index >= 15 is 0 Å². The minimum absolute atomic E-state index is 0.252. The summed E-state index contributed by atoms with van der Waals surface area (Å²) in [4.78, 5) is 21.0. The van der Waals surface area contributed by atoms with Crippen LogP contribution in [0.1, 0.15) is 44.9 Å². The van der Waals surface area contributed by atoms with Crippen molar-refractivity contribution in [1.29, 1.82) is 0 Å². The van der Waals surface area contributed by atoms with Gasteiger partial charge in [0.25, 0.3) is 0 Å². The molecular weight excluding hydrogens is 290 g/mol. The Labute approximate surface area is 126 Å². The maximum absolute atomic E-state index is 12.5. The molecule has 3 rings (SSSR count). The highest BCUT2D eigenvalue weighted by Gasteiger charge is 2.47. The topological polar surface area (TPSA) is 78.1 Å². The van der Waals surface area contributed by atoms with E-state index < -0.39 is 5.41 Å². The minimum atomic E-state index is -0.782. The number of carbonyl (C=O) groups is 1. The Morgan fingerprint density at radius 2 is 2.24 bits per heavy atom. The Morgan fingerprint density at radius 1 is 1.43 bits per heavy atom. The molecule has 0 aromatic carbocycles. The molecule has 2 aromatic heterocycles. The van der Waals surface area contributed by atoms with E-state index in [1.165, 1.54) is 11.3 Å². The van der Waals surface area contributed by atoms with E-state index in [0.717, 1.165) is 19.3 Å². The highest BCUT2D eigenvalue weighted by molar-refractivity contribution is 7.07. The fourth-order valence-electron chi connectivity index (χ4n) is 2.77. The van der Waals surface area contributed by atoms with Gasteiger partial charge in [-0.15, -0.1) is 11.3 Å². The quantitative estimate of drug-likeness (QED) is 0.808. The van der Waals surface area contributed by atoms with Crippen molar-refractivity contribution in [3.05, 3.63) is 16.8 Å². The van der Waals surface area contributed by atoms with Gasteiger partial charge in [0.05, 0.1) is 12.1 Å². The van der Waals surface area contributed by atoms with Gasteiger partial charge < -0.3 is 9.26 Å². The Morgan fingerprint density at radius 3 is 2.90 bits per heavy atom. The largest absolute Gasteiger partial charge is 0.465 e. The van der Waals surface area contributed by atoms with Crippen molar-refractivity contribution in [2.75, 3.05) is 6.61 Å². The molecule has 0 amide bonds. The van der Waals surface area contributed by atoms with Gasteiger partial charge >= 0.3 is 5.97 Å². The molecule has 0 unspecified atom stereocenters. The number of ether oxygens (including phenoxy) is 1. The third-order valence-electron chi connectivity index (χ3n) is 3.87. The van der Waals surface area contributed by atoms with E-state index in [0.29, 0.717) is 36.9 Å². The molecule has 0 saturated heterocycles. The molecule has 112 valence electrons. The molecule has 6 nitrogen and oxygen atoms in total. The molecule has 0 aliphatic heterocycles. The predicted octanol–water partition coefficient (Wildman–Crippen LogP) is 2.96. The summed E-state index contributed by atoms with van der Waals surface area (Å²) in [6.07, 6.45) is 4.45. The van der Waals surface area contributed by atoms with Gasteiger partial charge in [-0.2, -0.15) is 4.98 Å². The lowest BCUT2D eigenvalue weighted by Gasteiger charge is -2.31. The van der Waals surface area contributed by atoms with Crippen molar-refractivity contribution in [2.24, 2.45) is 0 Å². The Kier molecular flexibility index (Phi) is 4.01. The Bertz CT molecular complexity index is 603. The zero-order valence-electron chi connectivity index (χ0n) is 11.9. The summed E-state index contributed by atoms with van der Waals surface area (Å²) in [5, 5.41) is 5.83. The zero-order valence-corrected chi connectivity index (χ0v) is 12.7. The molecule has 1 aliphatic rings. The van der Waals surface area contributed by atoms with Crippen molar-refractivity contribution < 1.29 is 14.1 Å². The summed E-state index contributed by atoms with van der Waals surface area (Å²) in [6.45, 7) is 2.16. The first-order chi connectivity index (χ1) is 10.3. The van der Waals surface area contributed by atoms with E-state index in [4.69, 9.17) is 9.26 Å². The lowest BCUT2D eigenvalue weighted by Crippen LogP contribution is -2.39. The van der Waals surface area contributed by atoms with Crippen LogP contribution in [-0.4, -0.2) is 27.7 Å². The molecule has 0 N–H and O–H groups in total. The molecule has 2 heterocycles. The first-order valence-corrected chi connectivity index (χ1v) is 8.10. The van der Waals surface area contributed by atoms with Crippen molar-refractivity contribution >= 4 is 17.3 Å². The third-order valence-corrected chi connectivity index (χ3v) is 4.46. The summed E-state index contributed by atoms with van der Waals surface area (Å²) < 4.78 is 10.7. The maximum Gasteiger partial charge on any atom is 0.321 e. The molecule has 1 saturated carbocycles.